The molecule has 27 heavy (non-hydrogen) atoms. The van der Waals surface area contributed by atoms with Gasteiger partial charge in [-0.15, -0.1) is 0 Å². The Morgan fingerprint density at radius 2 is 2.00 bits per heavy atom. The van der Waals surface area contributed by atoms with E-state index in [-0.39, 0.29) is 22.4 Å². The van der Waals surface area contributed by atoms with Gasteiger partial charge in [-0.2, -0.15) is 14.9 Å². The fourth-order valence-electron chi connectivity index (χ4n) is 2.31. The Labute approximate surface area is 158 Å². The molecule has 0 unspecified atom stereocenters. The van der Waals surface area contributed by atoms with Crippen LogP contribution in [0.3, 0.4) is 0 Å². The van der Waals surface area contributed by atoms with Gasteiger partial charge in [0.1, 0.15) is 23.1 Å². The molecule has 1 aromatic carbocycles. The second-order valence-electron chi connectivity index (χ2n) is 5.46. The van der Waals surface area contributed by atoms with E-state index in [4.69, 9.17) is 11.6 Å². The smallest absolute Gasteiger partial charge is 0.342 e. The van der Waals surface area contributed by atoms with Crippen LogP contribution in [0.25, 0.3) is 5.69 Å². The molecular formula is C16H14ClN7O3. The summed E-state index contributed by atoms with van der Waals surface area (Å²) in [5, 5.41) is 20.4. The quantitative estimate of drug-likeness (QED) is 0.376. The number of para-hydroxylation sites is 1. The van der Waals surface area contributed by atoms with Crippen LogP contribution in [-0.4, -0.2) is 37.5 Å². The highest BCUT2D eigenvalue weighted by molar-refractivity contribution is 6.33. The lowest BCUT2D eigenvalue weighted by atomic mass is 10.3. The number of halogens is 1. The number of hydrogen-bond donors (Lipinski definition) is 0. The van der Waals surface area contributed by atoms with E-state index in [2.05, 4.69) is 15.2 Å². The van der Waals surface area contributed by atoms with E-state index >= 15 is 0 Å². The number of hydrazone groups is 1. The molecule has 0 fully saturated rings. The van der Waals surface area contributed by atoms with Gasteiger partial charge in [-0.1, -0.05) is 29.8 Å². The van der Waals surface area contributed by atoms with Crippen LogP contribution in [0.4, 0.5) is 11.5 Å². The van der Waals surface area contributed by atoms with Crippen LogP contribution in [0, 0.1) is 10.1 Å². The summed E-state index contributed by atoms with van der Waals surface area (Å²) in [6.07, 6.45) is 3.87. The van der Waals surface area contributed by atoms with Crippen LogP contribution in [0.2, 0.25) is 5.02 Å². The maximum Gasteiger partial charge on any atom is 0.342 e. The molecule has 0 bridgehead atoms. The van der Waals surface area contributed by atoms with Crippen molar-refractivity contribution in [2.75, 3.05) is 12.1 Å². The fourth-order valence-corrected chi connectivity index (χ4v) is 2.56. The molecular weight excluding hydrogens is 374 g/mol. The number of anilines is 1. The lowest BCUT2D eigenvalue weighted by Crippen LogP contribution is -2.24. The summed E-state index contributed by atoms with van der Waals surface area (Å²) in [6.45, 7) is 0. The Morgan fingerprint density at radius 3 is 2.63 bits per heavy atom. The zero-order chi connectivity index (χ0) is 19.6. The first-order valence-corrected chi connectivity index (χ1v) is 8.05. The third kappa shape index (κ3) is 3.55. The Bertz CT molecular complexity index is 1080. The van der Waals surface area contributed by atoms with Gasteiger partial charge >= 0.3 is 5.82 Å². The lowest BCUT2D eigenvalue weighted by molar-refractivity contribution is -0.391. The SMILES string of the molecule is CN(N=Cc1ncc([N+](=O)[O-])n1C)c1cnn(-c2ccccc2)c(=O)c1Cl. The molecule has 0 radical (unpaired) electrons. The van der Waals surface area contributed by atoms with Crippen LogP contribution in [0.5, 0.6) is 0 Å². The molecule has 0 atom stereocenters. The van der Waals surface area contributed by atoms with Crippen molar-refractivity contribution < 1.29 is 4.92 Å². The molecule has 0 amide bonds. The molecule has 138 valence electrons. The number of nitro groups is 1. The average molecular weight is 388 g/mol. The summed E-state index contributed by atoms with van der Waals surface area (Å²) < 4.78 is 2.47. The number of aromatic nitrogens is 4. The predicted molar refractivity (Wildman–Crippen MR) is 101 cm³/mol. The number of benzene rings is 1. The van der Waals surface area contributed by atoms with E-state index in [9.17, 15) is 14.9 Å². The van der Waals surface area contributed by atoms with Crippen LogP contribution in [0.1, 0.15) is 5.82 Å². The molecule has 0 spiro atoms. The van der Waals surface area contributed by atoms with Crippen molar-refractivity contribution in [2.45, 2.75) is 0 Å². The molecule has 0 aliphatic carbocycles. The summed E-state index contributed by atoms with van der Waals surface area (Å²) in [6, 6.07) is 8.87. The van der Waals surface area contributed by atoms with Gasteiger partial charge in [-0.3, -0.25) is 9.80 Å². The number of hydrogen-bond acceptors (Lipinski definition) is 7. The minimum Gasteiger partial charge on any atom is -0.358 e. The van der Waals surface area contributed by atoms with Crippen molar-refractivity contribution in [1.29, 1.82) is 0 Å². The van der Waals surface area contributed by atoms with E-state index in [0.717, 1.165) is 6.20 Å². The molecule has 0 saturated carbocycles. The number of rotatable bonds is 5. The summed E-state index contributed by atoms with van der Waals surface area (Å²) in [5.74, 6) is 0.111. The summed E-state index contributed by atoms with van der Waals surface area (Å²) in [7, 11) is 3.07. The zero-order valence-electron chi connectivity index (χ0n) is 14.4. The monoisotopic (exact) mass is 387 g/mol. The maximum atomic E-state index is 12.5. The van der Waals surface area contributed by atoms with Gasteiger partial charge in [0.2, 0.25) is 5.82 Å². The fraction of sp³-hybridized carbons (Fsp3) is 0.125. The minimum atomic E-state index is -0.544. The molecule has 0 aliphatic heterocycles. The Morgan fingerprint density at radius 1 is 1.30 bits per heavy atom. The highest BCUT2D eigenvalue weighted by Crippen LogP contribution is 2.21. The first-order valence-electron chi connectivity index (χ1n) is 7.67. The lowest BCUT2D eigenvalue weighted by Gasteiger charge is -2.14. The van der Waals surface area contributed by atoms with Gasteiger partial charge < -0.3 is 10.1 Å². The highest BCUT2D eigenvalue weighted by atomic mass is 35.5. The third-order valence-electron chi connectivity index (χ3n) is 3.78. The normalized spacial score (nSPS) is 11.1. The van der Waals surface area contributed by atoms with Crippen molar-refractivity contribution in [1.82, 2.24) is 19.3 Å². The number of nitrogens with zero attached hydrogens (tertiary/aromatic N) is 7. The van der Waals surface area contributed by atoms with Crippen LogP contribution in [0.15, 0.2) is 52.6 Å². The van der Waals surface area contributed by atoms with E-state index in [1.165, 1.54) is 33.7 Å². The van der Waals surface area contributed by atoms with Crippen molar-refractivity contribution >= 4 is 29.3 Å². The van der Waals surface area contributed by atoms with Gasteiger partial charge in [0.15, 0.2) is 0 Å². The second kappa shape index (κ2) is 7.38. The summed E-state index contributed by atoms with van der Waals surface area (Å²) >= 11 is 6.20. The molecule has 11 heteroatoms. The summed E-state index contributed by atoms with van der Waals surface area (Å²) in [4.78, 5) is 26.7. The Balaban J connectivity index is 1.89. The molecule has 0 N–H and O–H groups in total. The van der Waals surface area contributed by atoms with Crippen molar-refractivity contribution in [3.05, 3.63) is 74.0 Å². The van der Waals surface area contributed by atoms with Gasteiger partial charge in [0.05, 0.1) is 18.9 Å². The topological polar surface area (TPSA) is 111 Å². The summed E-state index contributed by atoms with van der Waals surface area (Å²) in [5.41, 5.74) is 0.381. The molecule has 3 aromatic rings. The Kier molecular flexibility index (Phi) is 4.99. The molecule has 3 rings (SSSR count). The van der Waals surface area contributed by atoms with Crippen LogP contribution >= 0.6 is 11.6 Å². The first kappa shape index (κ1) is 18.3. The predicted octanol–water partition coefficient (Wildman–Crippen LogP) is 2.00. The third-order valence-corrected chi connectivity index (χ3v) is 4.14. The Hall–Kier alpha value is -3.53. The van der Waals surface area contributed by atoms with E-state index in [1.807, 2.05) is 6.07 Å². The van der Waals surface area contributed by atoms with Crippen molar-refractivity contribution in [3.8, 4) is 5.69 Å². The molecule has 0 aliphatic rings. The van der Waals surface area contributed by atoms with Gasteiger partial charge in [0.25, 0.3) is 5.56 Å². The van der Waals surface area contributed by atoms with E-state index < -0.39 is 10.5 Å². The molecule has 0 saturated heterocycles. The van der Waals surface area contributed by atoms with Gasteiger partial charge in [-0.25, -0.2) is 9.55 Å². The molecule has 2 heterocycles. The first-order chi connectivity index (χ1) is 12.9. The van der Waals surface area contributed by atoms with Gasteiger partial charge in [0, 0.05) is 7.05 Å². The van der Waals surface area contributed by atoms with E-state index in [0.29, 0.717) is 5.69 Å². The largest absolute Gasteiger partial charge is 0.358 e. The van der Waals surface area contributed by atoms with Gasteiger partial charge in [-0.05, 0) is 17.1 Å². The zero-order valence-corrected chi connectivity index (χ0v) is 15.1. The highest BCUT2D eigenvalue weighted by Gasteiger charge is 2.16. The van der Waals surface area contributed by atoms with Crippen molar-refractivity contribution in [3.63, 3.8) is 0 Å². The van der Waals surface area contributed by atoms with Crippen molar-refractivity contribution in [2.24, 2.45) is 12.1 Å². The minimum absolute atomic E-state index is 0.0562. The number of imidazole rings is 1. The average Bonchev–Trinajstić information content (AvgIpc) is 3.03. The molecule has 10 nitrogen and oxygen atoms in total. The standard InChI is InChI=1S/C16H14ClN7O3/c1-21-13(18-10-14(21)24(26)27)9-19-22(2)12-8-20-23(16(25)15(12)17)11-6-4-3-5-7-11/h3-10H,1-2H3. The second-order valence-corrected chi connectivity index (χ2v) is 5.83. The molecule has 2 aromatic heterocycles. The van der Waals surface area contributed by atoms with E-state index in [1.54, 1.807) is 31.3 Å². The maximum absolute atomic E-state index is 12.5. The van der Waals surface area contributed by atoms with Crippen LogP contribution in [-0.2, 0) is 7.05 Å². The van der Waals surface area contributed by atoms with Crippen LogP contribution < -0.4 is 10.6 Å².